The summed E-state index contributed by atoms with van der Waals surface area (Å²) in [5, 5.41) is 20.2. The summed E-state index contributed by atoms with van der Waals surface area (Å²) in [6.45, 7) is 2.16. The summed E-state index contributed by atoms with van der Waals surface area (Å²) in [6.07, 6.45) is 1.62. The molecule has 192 valence electrons. The Bertz CT molecular complexity index is 1520. The van der Waals surface area contributed by atoms with Crippen LogP contribution in [0.3, 0.4) is 0 Å². The number of halogens is 1. The maximum atomic E-state index is 13.1. The lowest BCUT2D eigenvalue weighted by Gasteiger charge is -2.49. The number of nitrogens with one attached hydrogen (secondary N) is 1. The topological polar surface area (TPSA) is 168 Å². The summed E-state index contributed by atoms with van der Waals surface area (Å²) in [5.74, 6) is -2.19. The van der Waals surface area contributed by atoms with Gasteiger partial charge >= 0.3 is 5.97 Å². The van der Waals surface area contributed by atoms with E-state index in [9.17, 15) is 19.5 Å². The van der Waals surface area contributed by atoms with Crippen molar-refractivity contribution in [3.05, 3.63) is 51.5 Å². The molecule has 3 aromatic heterocycles. The van der Waals surface area contributed by atoms with Gasteiger partial charge in [-0.3, -0.25) is 14.5 Å². The minimum absolute atomic E-state index is 0.0255. The average molecular weight is 564 g/mol. The third kappa shape index (κ3) is 4.28. The molecule has 0 bridgehead atoms. The molecule has 0 saturated carbocycles. The van der Waals surface area contributed by atoms with Crippen LogP contribution in [0.4, 0.5) is 5.13 Å². The molecule has 3 aromatic rings. The molecule has 0 aliphatic carbocycles. The first-order chi connectivity index (χ1) is 17.7. The van der Waals surface area contributed by atoms with E-state index >= 15 is 0 Å². The molecule has 1 saturated heterocycles. The fourth-order valence-electron chi connectivity index (χ4n) is 4.22. The van der Waals surface area contributed by atoms with Crippen LogP contribution >= 0.6 is 34.7 Å². The van der Waals surface area contributed by atoms with Gasteiger partial charge < -0.3 is 21.0 Å². The molecule has 2 aliphatic rings. The number of aliphatic carboxylic acids is 1. The molecule has 0 aromatic carbocycles. The number of aromatic nitrogens is 4. The summed E-state index contributed by atoms with van der Waals surface area (Å²) in [4.78, 5) is 48.3. The Morgan fingerprint density at radius 1 is 1.43 bits per heavy atom. The first-order valence-corrected chi connectivity index (χ1v) is 13.0. The minimum atomic E-state index is -1.22. The van der Waals surface area contributed by atoms with Gasteiger partial charge in [-0.25, -0.2) is 14.3 Å². The second kappa shape index (κ2) is 9.64. The van der Waals surface area contributed by atoms with Gasteiger partial charge in [-0.2, -0.15) is 0 Å². The van der Waals surface area contributed by atoms with Crippen molar-refractivity contribution in [2.75, 3.05) is 18.6 Å². The van der Waals surface area contributed by atoms with Crippen molar-refractivity contribution < 1.29 is 28.9 Å². The molecular formula is C21H20ClN8O5S2+. The number of fused-ring (bicyclic) bond motifs is 2. The Hall–Kier alpha value is -3.69. The first-order valence-electron chi connectivity index (χ1n) is 10.8. The monoisotopic (exact) mass is 563 g/mol. The van der Waals surface area contributed by atoms with E-state index in [1.165, 1.54) is 23.8 Å². The molecule has 4 N–H and O–H groups in total. The van der Waals surface area contributed by atoms with Crippen LogP contribution < -0.4 is 15.6 Å². The van der Waals surface area contributed by atoms with Crippen molar-refractivity contribution in [2.24, 2.45) is 5.16 Å². The molecule has 0 spiro atoms. The van der Waals surface area contributed by atoms with E-state index in [4.69, 9.17) is 22.2 Å². The number of thioether (sulfide) groups is 1. The summed E-state index contributed by atoms with van der Waals surface area (Å²) in [5.41, 5.74) is 7.62. The second-order valence-corrected chi connectivity index (χ2v) is 10.8. The van der Waals surface area contributed by atoms with E-state index < -0.39 is 29.2 Å². The molecule has 2 aliphatic heterocycles. The van der Waals surface area contributed by atoms with Crippen molar-refractivity contribution in [2.45, 2.75) is 24.9 Å². The molecule has 0 unspecified atom stereocenters. The number of hydrogen-bond acceptors (Lipinski definition) is 10. The average Bonchev–Trinajstić information content (AvgIpc) is 3.43. The molecule has 13 nitrogen and oxygen atoms in total. The van der Waals surface area contributed by atoms with Gasteiger partial charge in [0, 0.05) is 22.5 Å². The number of carboxylic acids is 1. The van der Waals surface area contributed by atoms with Crippen LogP contribution in [0.15, 0.2) is 41.0 Å². The number of oxime groups is 1. The highest BCUT2D eigenvalue weighted by molar-refractivity contribution is 8.00. The zero-order valence-corrected chi connectivity index (χ0v) is 21.8. The van der Waals surface area contributed by atoms with Crippen LogP contribution in [0.5, 0.6) is 0 Å². The Balaban J connectivity index is 1.38. The van der Waals surface area contributed by atoms with Crippen LogP contribution in [0.2, 0.25) is 4.34 Å². The number of nitrogens with zero attached hydrogens (tertiary/aromatic N) is 6. The molecule has 37 heavy (non-hydrogen) atoms. The second-order valence-electron chi connectivity index (χ2n) is 8.11. The lowest BCUT2D eigenvalue weighted by Crippen LogP contribution is -2.71. The third-order valence-electron chi connectivity index (χ3n) is 5.86. The Morgan fingerprint density at radius 3 is 2.89 bits per heavy atom. The Labute approximate surface area is 222 Å². The number of carbonyl (C=O) groups excluding carboxylic acids is 2. The van der Waals surface area contributed by atoms with Gasteiger partial charge in [0.2, 0.25) is 0 Å². The first kappa shape index (κ1) is 25.0. The number of pyridine rings is 1. The third-order valence-corrected chi connectivity index (χ3v) is 8.28. The molecule has 5 rings (SSSR count). The van der Waals surface area contributed by atoms with E-state index in [1.54, 1.807) is 10.8 Å². The fourth-order valence-corrected chi connectivity index (χ4v) is 6.49. The zero-order valence-electron chi connectivity index (χ0n) is 19.4. The fraction of sp³-hybridized carbons (Fsp3) is 0.286. The number of carboxylic acid groups (broad SMARTS) is 1. The van der Waals surface area contributed by atoms with Crippen LogP contribution in [0.25, 0.3) is 5.65 Å². The van der Waals surface area contributed by atoms with Crippen LogP contribution in [0.1, 0.15) is 11.4 Å². The number of β-lactam (4-membered cyclic amide) rings is 1. The number of thiazole rings is 1. The van der Waals surface area contributed by atoms with Gasteiger partial charge in [-0.1, -0.05) is 38.7 Å². The van der Waals surface area contributed by atoms with Gasteiger partial charge in [0.15, 0.2) is 10.8 Å². The quantitative estimate of drug-likeness (QED) is 0.159. The summed E-state index contributed by atoms with van der Waals surface area (Å²) >= 11 is 8.43. The van der Waals surface area contributed by atoms with E-state index in [-0.39, 0.29) is 33.1 Å². The number of hydrogen-bond donors (Lipinski definition) is 3. The number of nitrogens with two attached hydrogens (primary N) is 1. The molecule has 1 fully saturated rings. The van der Waals surface area contributed by atoms with Crippen LogP contribution in [-0.2, 0) is 25.8 Å². The number of carbonyl (C=O) groups is 3. The van der Waals surface area contributed by atoms with Gasteiger partial charge in [0.1, 0.15) is 39.9 Å². The standard InChI is InChI=1S/C21H19ClN8O5S2/c1-9-4-3-5-11-28(8-24-30(9)11)6-10-7-36-19-14(18(32)29(19)15(10)20(33)34)25-17(31)13(27-35-2)12-16(22)37-21(23)26-12/h3-5,8,14,19H,6-7H2,1-2H3,(H3-,23,25,26,31,33,34)/p+1/b27-13-/t14-,19+/m1/s1. The van der Waals surface area contributed by atoms with Crippen molar-refractivity contribution in [1.29, 1.82) is 0 Å². The summed E-state index contributed by atoms with van der Waals surface area (Å²) in [7, 11) is 1.25. The summed E-state index contributed by atoms with van der Waals surface area (Å²) in [6, 6.07) is 4.71. The maximum Gasteiger partial charge on any atom is 0.352 e. The number of aryl methyl sites for hydroxylation is 1. The normalized spacial score (nSPS) is 19.6. The lowest BCUT2D eigenvalue weighted by atomic mass is 10.0. The lowest BCUT2D eigenvalue weighted by molar-refractivity contribution is -0.664. The predicted octanol–water partition coefficient (Wildman–Crippen LogP) is 0.412. The van der Waals surface area contributed by atoms with E-state index in [1.807, 2.05) is 29.7 Å². The van der Waals surface area contributed by atoms with Crippen molar-refractivity contribution in [3.8, 4) is 0 Å². The van der Waals surface area contributed by atoms with Gasteiger partial charge in [-0.05, 0) is 13.0 Å². The Kier molecular flexibility index (Phi) is 6.51. The highest BCUT2D eigenvalue weighted by Crippen LogP contribution is 2.40. The van der Waals surface area contributed by atoms with Crippen LogP contribution in [-0.4, -0.2) is 72.4 Å². The minimum Gasteiger partial charge on any atom is -0.477 e. The van der Waals surface area contributed by atoms with E-state index in [0.717, 1.165) is 22.7 Å². The molecule has 16 heteroatoms. The highest BCUT2D eigenvalue weighted by Gasteiger charge is 2.54. The molecule has 2 amide bonds. The number of amides is 2. The predicted molar refractivity (Wildman–Crippen MR) is 135 cm³/mol. The molecule has 5 heterocycles. The smallest absolute Gasteiger partial charge is 0.352 e. The molecular weight excluding hydrogens is 544 g/mol. The number of anilines is 1. The van der Waals surface area contributed by atoms with Crippen molar-refractivity contribution in [3.63, 3.8) is 0 Å². The summed E-state index contributed by atoms with van der Waals surface area (Å²) < 4.78 is 3.71. The van der Waals surface area contributed by atoms with Gasteiger partial charge in [0.05, 0.1) is 6.54 Å². The number of nitrogen functional groups attached to an aromatic ring is 1. The largest absolute Gasteiger partial charge is 0.477 e. The van der Waals surface area contributed by atoms with Crippen molar-refractivity contribution >= 4 is 69.0 Å². The van der Waals surface area contributed by atoms with Crippen LogP contribution in [0, 0.1) is 6.92 Å². The highest BCUT2D eigenvalue weighted by atomic mass is 35.5. The zero-order chi connectivity index (χ0) is 26.4. The van der Waals surface area contributed by atoms with E-state index in [2.05, 4.69) is 20.6 Å². The van der Waals surface area contributed by atoms with Crippen molar-refractivity contribution in [1.82, 2.24) is 24.8 Å². The molecule has 0 radical (unpaired) electrons. The number of rotatable bonds is 7. The van der Waals surface area contributed by atoms with E-state index in [0.29, 0.717) is 11.3 Å². The maximum absolute atomic E-state index is 13.1. The SMILES string of the molecule is CO/N=C(\C(=O)N[C@@H]1C(=O)N2C(C(=O)O)=C(C[n+]3cnn4c(C)cccc43)CS[C@@H]12)c1nc(N)sc1Cl. The Morgan fingerprint density at radius 2 is 2.22 bits per heavy atom. The molecule has 2 atom stereocenters. The van der Waals surface area contributed by atoms with Gasteiger partial charge in [-0.15, -0.1) is 11.8 Å². The van der Waals surface area contributed by atoms with Gasteiger partial charge in [0.25, 0.3) is 23.8 Å².